The second-order valence-electron chi connectivity index (χ2n) is 3.62. The number of halogens is 2. The minimum atomic E-state index is -0.550. The summed E-state index contributed by atoms with van der Waals surface area (Å²) in [4.78, 5) is 14.3. The number of rotatable bonds is 4. The van der Waals surface area contributed by atoms with Crippen LogP contribution in [-0.4, -0.2) is 15.1 Å². The van der Waals surface area contributed by atoms with Gasteiger partial charge in [0.05, 0.1) is 21.5 Å². The van der Waals surface area contributed by atoms with Crippen LogP contribution in [0.5, 0.6) is 0 Å². The maximum Gasteiger partial charge on any atom is 0.293 e. The highest BCUT2D eigenvalue weighted by Gasteiger charge is 2.17. The maximum atomic E-state index is 10.9. The Morgan fingerprint density at radius 1 is 1.42 bits per heavy atom. The van der Waals surface area contributed by atoms with Crippen LogP contribution in [0, 0.1) is 17.0 Å². The Morgan fingerprint density at radius 3 is 2.68 bits per heavy atom. The van der Waals surface area contributed by atoms with Gasteiger partial charge in [0.15, 0.2) is 5.82 Å². The Morgan fingerprint density at radius 2 is 2.11 bits per heavy atom. The van der Waals surface area contributed by atoms with E-state index in [9.17, 15) is 10.1 Å². The van der Waals surface area contributed by atoms with Crippen molar-refractivity contribution in [2.24, 2.45) is 0 Å². The van der Waals surface area contributed by atoms with Gasteiger partial charge in [-0.3, -0.25) is 10.1 Å². The first-order chi connectivity index (χ1) is 8.97. The summed E-state index contributed by atoms with van der Waals surface area (Å²) in [5.41, 5.74) is 0.0662. The summed E-state index contributed by atoms with van der Waals surface area (Å²) in [7, 11) is 0. The molecule has 0 unspecified atom stereocenters. The highest BCUT2D eigenvalue weighted by molar-refractivity contribution is 6.42. The standard InChI is InChI=1S/C10H8Cl2N4O3/c1-5-14-10(15-19-5)4-13-8-2-6(11)7(12)3-9(8)16(17)18/h2-3,13H,4H2,1H3. The molecule has 2 rings (SSSR count). The fraction of sp³-hybridized carbons (Fsp3) is 0.200. The number of aromatic nitrogens is 2. The molecule has 0 bridgehead atoms. The molecule has 0 aliphatic carbocycles. The highest BCUT2D eigenvalue weighted by Crippen LogP contribution is 2.34. The lowest BCUT2D eigenvalue weighted by Crippen LogP contribution is -2.04. The zero-order chi connectivity index (χ0) is 14.0. The first-order valence-electron chi connectivity index (χ1n) is 5.14. The van der Waals surface area contributed by atoms with Crippen LogP contribution >= 0.6 is 23.2 Å². The first kappa shape index (κ1) is 13.6. The minimum absolute atomic E-state index is 0.120. The van der Waals surface area contributed by atoms with E-state index in [2.05, 4.69) is 15.5 Å². The molecule has 19 heavy (non-hydrogen) atoms. The maximum absolute atomic E-state index is 10.9. The molecule has 9 heteroatoms. The number of nitro benzene ring substituents is 1. The van der Waals surface area contributed by atoms with Crippen molar-refractivity contribution in [1.29, 1.82) is 0 Å². The fourth-order valence-electron chi connectivity index (χ4n) is 1.42. The molecule has 1 heterocycles. The van der Waals surface area contributed by atoms with Crippen molar-refractivity contribution in [3.8, 4) is 0 Å². The van der Waals surface area contributed by atoms with E-state index in [0.29, 0.717) is 11.7 Å². The van der Waals surface area contributed by atoms with Crippen molar-refractivity contribution in [1.82, 2.24) is 10.1 Å². The van der Waals surface area contributed by atoms with E-state index in [0.717, 1.165) is 0 Å². The van der Waals surface area contributed by atoms with E-state index >= 15 is 0 Å². The van der Waals surface area contributed by atoms with Gasteiger partial charge in [-0.15, -0.1) is 0 Å². The average molecular weight is 303 g/mol. The van der Waals surface area contributed by atoms with Gasteiger partial charge < -0.3 is 9.84 Å². The molecule has 0 amide bonds. The lowest BCUT2D eigenvalue weighted by atomic mass is 10.2. The second kappa shape index (κ2) is 5.41. The van der Waals surface area contributed by atoms with E-state index in [1.807, 2.05) is 0 Å². The van der Waals surface area contributed by atoms with Gasteiger partial charge in [0, 0.05) is 13.0 Å². The zero-order valence-electron chi connectivity index (χ0n) is 9.68. The minimum Gasteiger partial charge on any atom is -0.372 e. The van der Waals surface area contributed by atoms with Gasteiger partial charge in [0.25, 0.3) is 5.69 Å². The summed E-state index contributed by atoms with van der Waals surface area (Å²) in [5.74, 6) is 0.804. The van der Waals surface area contributed by atoms with Crippen molar-refractivity contribution >= 4 is 34.6 Å². The molecule has 0 aliphatic rings. The largest absolute Gasteiger partial charge is 0.372 e. The smallest absolute Gasteiger partial charge is 0.293 e. The van der Waals surface area contributed by atoms with Crippen molar-refractivity contribution in [3.05, 3.63) is 44.0 Å². The number of benzene rings is 1. The Balaban J connectivity index is 2.23. The van der Waals surface area contributed by atoms with Crippen molar-refractivity contribution in [3.63, 3.8) is 0 Å². The number of nitro groups is 1. The van der Waals surface area contributed by atoms with E-state index in [4.69, 9.17) is 27.7 Å². The van der Waals surface area contributed by atoms with Gasteiger partial charge in [-0.2, -0.15) is 4.98 Å². The molecule has 7 nitrogen and oxygen atoms in total. The van der Waals surface area contributed by atoms with Crippen LogP contribution < -0.4 is 5.32 Å². The van der Waals surface area contributed by atoms with Crippen LogP contribution in [-0.2, 0) is 6.54 Å². The molecule has 1 aromatic carbocycles. The van der Waals surface area contributed by atoms with Crippen molar-refractivity contribution in [2.75, 3.05) is 5.32 Å². The van der Waals surface area contributed by atoms with E-state index in [1.54, 1.807) is 6.92 Å². The lowest BCUT2D eigenvalue weighted by molar-refractivity contribution is -0.383. The Hall–Kier alpha value is -1.86. The first-order valence-corrected chi connectivity index (χ1v) is 5.89. The molecule has 0 aliphatic heterocycles. The van der Waals surface area contributed by atoms with Gasteiger partial charge in [-0.1, -0.05) is 28.4 Å². The second-order valence-corrected chi connectivity index (χ2v) is 4.44. The summed E-state index contributed by atoms with van der Waals surface area (Å²) in [6.45, 7) is 1.83. The lowest BCUT2D eigenvalue weighted by Gasteiger charge is -2.06. The van der Waals surface area contributed by atoms with Crippen LogP contribution in [0.1, 0.15) is 11.7 Å². The van der Waals surface area contributed by atoms with E-state index in [-0.39, 0.29) is 28.0 Å². The molecule has 0 atom stereocenters. The van der Waals surface area contributed by atoms with Gasteiger partial charge in [-0.25, -0.2) is 0 Å². The molecule has 0 spiro atoms. The normalized spacial score (nSPS) is 10.5. The van der Waals surface area contributed by atoms with E-state index < -0.39 is 4.92 Å². The van der Waals surface area contributed by atoms with Crippen LogP contribution in [0.25, 0.3) is 0 Å². The third-order valence-corrected chi connectivity index (χ3v) is 2.96. The third-order valence-electron chi connectivity index (χ3n) is 2.24. The number of hydrogen-bond acceptors (Lipinski definition) is 6. The van der Waals surface area contributed by atoms with Gasteiger partial charge in [0.2, 0.25) is 5.89 Å². The summed E-state index contributed by atoms with van der Waals surface area (Å²) in [6.07, 6.45) is 0. The highest BCUT2D eigenvalue weighted by atomic mass is 35.5. The van der Waals surface area contributed by atoms with Crippen LogP contribution in [0.3, 0.4) is 0 Å². The molecule has 0 saturated carbocycles. The molecule has 1 N–H and O–H groups in total. The Bertz CT molecular complexity index is 629. The predicted octanol–water partition coefficient (Wildman–Crippen LogP) is 3.21. The van der Waals surface area contributed by atoms with Crippen molar-refractivity contribution < 1.29 is 9.45 Å². The summed E-state index contributed by atoms with van der Waals surface area (Å²) in [5, 5.41) is 17.7. The predicted molar refractivity (Wildman–Crippen MR) is 69.5 cm³/mol. The number of nitrogens with zero attached hydrogens (tertiary/aromatic N) is 3. The number of anilines is 1. The number of hydrogen-bond donors (Lipinski definition) is 1. The SMILES string of the molecule is Cc1nc(CNc2cc(Cl)c(Cl)cc2[N+](=O)[O-])no1. The number of aryl methyl sites for hydroxylation is 1. The van der Waals surface area contributed by atoms with Crippen LogP contribution in [0.2, 0.25) is 10.0 Å². The molecular weight excluding hydrogens is 295 g/mol. The quantitative estimate of drug-likeness (QED) is 0.688. The van der Waals surface area contributed by atoms with Gasteiger partial charge >= 0.3 is 0 Å². The molecule has 100 valence electrons. The third kappa shape index (κ3) is 3.12. The Kier molecular flexibility index (Phi) is 3.87. The summed E-state index contributed by atoms with van der Waals surface area (Å²) < 4.78 is 4.79. The Labute approximate surface area is 117 Å². The zero-order valence-corrected chi connectivity index (χ0v) is 11.2. The topological polar surface area (TPSA) is 94.1 Å². The van der Waals surface area contributed by atoms with Crippen LogP contribution in [0.4, 0.5) is 11.4 Å². The molecule has 0 fully saturated rings. The molecule has 1 aromatic heterocycles. The fourth-order valence-corrected chi connectivity index (χ4v) is 1.74. The van der Waals surface area contributed by atoms with Gasteiger partial charge in [-0.05, 0) is 6.07 Å². The van der Waals surface area contributed by atoms with E-state index in [1.165, 1.54) is 12.1 Å². The van der Waals surface area contributed by atoms with Gasteiger partial charge in [0.1, 0.15) is 5.69 Å². The monoisotopic (exact) mass is 302 g/mol. The molecular formula is C10H8Cl2N4O3. The number of nitrogens with one attached hydrogen (secondary N) is 1. The summed E-state index contributed by atoms with van der Waals surface area (Å²) >= 11 is 11.6. The summed E-state index contributed by atoms with van der Waals surface area (Å²) in [6, 6.07) is 2.57. The molecule has 0 saturated heterocycles. The van der Waals surface area contributed by atoms with Crippen LogP contribution in [0.15, 0.2) is 16.7 Å². The van der Waals surface area contributed by atoms with Crippen molar-refractivity contribution in [2.45, 2.75) is 13.5 Å². The molecule has 2 aromatic rings. The molecule has 0 radical (unpaired) electrons. The average Bonchev–Trinajstić information content (AvgIpc) is 2.76.